The van der Waals surface area contributed by atoms with Gasteiger partial charge in [0.25, 0.3) is 0 Å². The molecule has 16 heavy (non-hydrogen) atoms. The highest BCUT2D eigenvalue weighted by atomic mass is 16.5. The summed E-state index contributed by atoms with van der Waals surface area (Å²) in [4.78, 5) is 0. The second-order valence-electron chi connectivity index (χ2n) is 5.68. The van der Waals surface area contributed by atoms with E-state index in [1.807, 2.05) is 6.92 Å². The van der Waals surface area contributed by atoms with Gasteiger partial charge in [0.15, 0.2) is 0 Å². The van der Waals surface area contributed by atoms with Crippen LogP contribution in [0.1, 0.15) is 39.0 Å². The Morgan fingerprint density at radius 1 is 1.56 bits per heavy atom. The Morgan fingerprint density at radius 3 is 2.75 bits per heavy atom. The third-order valence-electron chi connectivity index (χ3n) is 4.80. The van der Waals surface area contributed by atoms with Crippen LogP contribution in [0.2, 0.25) is 0 Å². The van der Waals surface area contributed by atoms with Crippen molar-refractivity contribution in [3.05, 3.63) is 0 Å². The fraction of sp³-hybridized carbons (Fsp3) is 0.923. The van der Waals surface area contributed by atoms with Crippen LogP contribution in [0.4, 0.5) is 0 Å². The number of aliphatic hydroxyl groups is 1. The van der Waals surface area contributed by atoms with Gasteiger partial charge in [-0.1, -0.05) is 6.42 Å². The van der Waals surface area contributed by atoms with Gasteiger partial charge in [-0.2, -0.15) is 5.26 Å². The van der Waals surface area contributed by atoms with Crippen LogP contribution in [-0.2, 0) is 4.74 Å². The molecule has 0 aliphatic heterocycles. The molecule has 3 nitrogen and oxygen atoms in total. The minimum atomic E-state index is -0.905. The first-order valence-electron chi connectivity index (χ1n) is 6.18. The van der Waals surface area contributed by atoms with E-state index in [4.69, 9.17) is 4.74 Å². The molecule has 0 aromatic rings. The van der Waals surface area contributed by atoms with Gasteiger partial charge in [-0.15, -0.1) is 0 Å². The van der Waals surface area contributed by atoms with Gasteiger partial charge in [0.2, 0.25) is 0 Å². The number of hydrogen-bond donors (Lipinski definition) is 1. The highest BCUT2D eigenvalue weighted by Crippen LogP contribution is 2.60. The molecule has 90 valence electrons. The number of nitriles is 1. The molecule has 4 atom stereocenters. The van der Waals surface area contributed by atoms with Crippen LogP contribution >= 0.6 is 0 Å². The summed E-state index contributed by atoms with van der Waals surface area (Å²) in [5.74, 6) is 1.06. The molecule has 0 radical (unpaired) electrons. The van der Waals surface area contributed by atoms with Crippen LogP contribution < -0.4 is 0 Å². The Morgan fingerprint density at radius 2 is 2.31 bits per heavy atom. The third-order valence-corrected chi connectivity index (χ3v) is 4.80. The largest absolute Gasteiger partial charge is 0.388 e. The van der Waals surface area contributed by atoms with Crippen molar-refractivity contribution < 1.29 is 9.84 Å². The zero-order valence-electron chi connectivity index (χ0n) is 10.2. The van der Waals surface area contributed by atoms with E-state index in [0.717, 1.165) is 19.3 Å². The SMILES string of the molecule is COCCC(C)(O)C1(C#N)CC2CCC1C2. The lowest BCUT2D eigenvalue weighted by atomic mass is 9.63. The molecule has 2 bridgehead atoms. The molecule has 2 aliphatic carbocycles. The molecule has 0 aromatic carbocycles. The third kappa shape index (κ3) is 1.56. The molecule has 0 heterocycles. The fourth-order valence-electron chi connectivity index (χ4n) is 3.77. The number of hydrogen-bond acceptors (Lipinski definition) is 3. The highest BCUT2D eigenvalue weighted by Gasteiger charge is 2.60. The number of methoxy groups -OCH3 is 1. The Kier molecular flexibility index (Phi) is 2.98. The quantitative estimate of drug-likeness (QED) is 0.794. The first-order chi connectivity index (χ1) is 7.55. The van der Waals surface area contributed by atoms with E-state index >= 15 is 0 Å². The van der Waals surface area contributed by atoms with Crippen molar-refractivity contribution in [3.63, 3.8) is 0 Å². The number of rotatable bonds is 4. The molecular formula is C13H21NO2. The van der Waals surface area contributed by atoms with E-state index in [1.165, 1.54) is 6.42 Å². The van der Waals surface area contributed by atoms with Gasteiger partial charge in [0, 0.05) is 20.1 Å². The maximum absolute atomic E-state index is 10.6. The molecule has 2 rings (SSSR count). The molecule has 0 spiro atoms. The molecule has 4 unspecified atom stereocenters. The Hall–Kier alpha value is -0.590. The summed E-state index contributed by atoms with van der Waals surface area (Å²) in [6.07, 6.45) is 4.93. The summed E-state index contributed by atoms with van der Waals surface area (Å²) in [5, 5.41) is 20.1. The van der Waals surface area contributed by atoms with Crippen LogP contribution in [0.3, 0.4) is 0 Å². The Bertz CT molecular complexity index is 308. The van der Waals surface area contributed by atoms with E-state index in [0.29, 0.717) is 24.9 Å². The molecule has 0 aromatic heterocycles. The van der Waals surface area contributed by atoms with Crippen molar-refractivity contribution >= 4 is 0 Å². The second kappa shape index (κ2) is 4.01. The van der Waals surface area contributed by atoms with Gasteiger partial charge >= 0.3 is 0 Å². The van der Waals surface area contributed by atoms with Crippen molar-refractivity contribution in [2.75, 3.05) is 13.7 Å². The summed E-state index contributed by atoms with van der Waals surface area (Å²) in [5.41, 5.74) is -1.42. The lowest BCUT2D eigenvalue weighted by Crippen LogP contribution is -2.49. The lowest BCUT2D eigenvalue weighted by Gasteiger charge is -2.43. The first kappa shape index (κ1) is 11.9. The maximum Gasteiger partial charge on any atom is 0.0889 e. The summed E-state index contributed by atoms with van der Waals surface area (Å²) in [7, 11) is 1.63. The topological polar surface area (TPSA) is 53.2 Å². The lowest BCUT2D eigenvalue weighted by molar-refractivity contribution is -0.0836. The van der Waals surface area contributed by atoms with Gasteiger partial charge in [-0.25, -0.2) is 0 Å². The van der Waals surface area contributed by atoms with Gasteiger partial charge in [0.1, 0.15) is 0 Å². The average Bonchev–Trinajstić information content (AvgIpc) is 2.86. The Labute approximate surface area is 97.4 Å². The van der Waals surface area contributed by atoms with E-state index < -0.39 is 11.0 Å². The minimum Gasteiger partial charge on any atom is -0.388 e. The molecule has 2 saturated carbocycles. The number of fused-ring (bicyclic) bond motifs is 2. The molecule has 3 heteroatoms. The van der Waals surface area contributed by atoms with E-state index in [2.05, 4.69) is 6.07 Å². The predicted molar refractivity (Wildman–Crippen MR) is 60.6 cm³/mol. The molecule has 0 amide bonds. The summed E-state index contributed by atoms with van der Waals surface area (Å²) < 4.78 is 5.04. The minimum absolute atomic E-state index is 0.398. The van der Waals surface area contributed by atoms with Crippen molar-refractivity contribution in [2.24, 2.45) is 17.3 Å². The maximum atomic E-state index is 10.6. The number of ether oxygens (including phenoxy) is 1. The standard InChI is InChI=1S/C13H21NO2/c1-12(15,5-6-16-2)13(9-14)8-10-3-4-11(13)7-10/h10-11,15H,3-8H2,1-2H3. The zero-order valence-corrected chi connectivity index (χ0v) is 10.2. The van der Waals surface area contributed by atoms with Crippen LogP contribution in [0.15, 0.2) is 0 Å². The monoisotopic (exact) mass is 223 g/mol. The molecule has 2 fully saturated rings. The van der Waals surface area contributed by atoms with Gasteiger partial charge in [-0.3, -0.25) is 0 Å². The van der Waals surface area contributed by atoms with E-state index in [1.54, 1.807) is 7.11 Å². The summed E-state index contributed by atoms with van der Waals surface area (Å²) in [6, 6.07) is 2.45. The smallest absolute Gasteiger partial charge is 0.0889 e. The van der Waals surface area contributed by atoms with Crippen molar-refractivity contribution in [2.45, 2.75) is 44.6 Å². The van der Waals surface area contributed by atoms with Crippen LogP contribution in [0.5, 0.6) is 0 Å². The van der Waals surface area contributed by atoms with Gasteiger partial charge in [0.05, 0.1) is 17.1 Å². The number of nitrogens with zero attached hydrogens (tertiary/aromatic N) is 1. The Balaban J connectivity index is 2.19. The summed E-state index contributed by atoms with van der Waals surface area (Å²) >= 11 is 0. The highest BCUT2D eigenvalue weighted by molar-refractivity contribution is 5.19. The first-order valence-corrected chi connectivity index (χ1v) is 6.18. The predicted octanol–water partition coefficient (Wildman–Crippen LogP) is 2.10. The molecule has 2 aliphatic rings. The van der Waals surface area contributed by atoms with Crippen molar-refractivity contribution in [1.29, 1.82) is 5.26 Å². The van der Waals surface area contributed by atoms with E-state index in [9.17, 15) is 10.4 Å². The van der Waals surface area contributed by atoms with Gasteiger partial charge < -0.3 is 9.84 Å². The molecule has 0 saturated heterocycles. The van der Waals surface area contributed by atoms with Crippen LogP contribution in [-0.4, -0.2) is 24.4 Å². The van der Waals surface area contributed by atoms with E-state index in [-0.39, 0.29) is 0 Å². The zero-order chi connectivity index (χ0) is 11.8. The van der Waals surface area contributed by atoms with Crippen molar-refractivity contribution in [1.82, 2.24) is 0 Å². The van der Waals surface area contributed by atoms with Crippen molar-refractivity contribution in [3.8, 4) is 6.07 Å². The second-order valence-corrected chi connectivity index (χ2v) is 5.68. The molecule has 1 N–H and O–H groups in total. The van der Waals surface area contributed by atoms with Gasteiger partial charge in [-0.05, 0) is 38.0 Å². The normalized spacial score (nSPS) is 40.6. The van der Waals surface area contributed by atoms with Crippen LogP contribution in [0, 0.1) is 28.6 Å². The summed E-state index contributed by atoms with van der Waals surface area (Å²) in [6.45, 7) is 2.34. The average molecular weight is 223 g/mol. The van der Waals surface area contributed by atoms with Crippen LogP contribution in [0.25, 0.3) is 0 Å². The fourth-order valence-corrected chi connectivity index (χ4v) is 3.77. The molecular weight excluding hydrogens is 202 g/mol.